The van der Waals surface area contributed by atoms with Crippen LogP contribution >= 0.6 is 0 Å². The molecule has 110 valence electrons. The van der Waals surface area contributed by atoms with E-state index < -0.39 is 5.82 Å². The Kier molecular flexibility index (Phi) is 4.84. The van der Waals surface area contributed by atoms with Crippen LogP contribution < -0.4 is 11.1 Å². The number of nitrogens with zero attached hydrogens (tertiary/aromatic N) is 2. The van der Waals surface area contributed by atoms with Crippen LogP contribution in [0.2, 0.25) is 0 Å². The van der Waals surface area contributed by atoms with Gasteiger partial charge in [0, 0.05) is 31.0 Å². The first-order chi connectivity index (χ1) is 10.1. The van der Waals surface area contributed by atoms with Gasteiger partial charge in [-0.15, -0.1) is 0 Å². The molecule has 0 spiro atoms. The van der Waals surface area contributed by atoms with Crippen molar-refractivity contribution in [2.24, 2.45) is 10.9 Å². The lowest BCUT2D eigenvalue weighted by Crippen LogP contribution is -2.16. The standard InChI is InChI=1S/C15H17FN4O/c1-10-7-18-3-2-12(10)9-19-8-11-4-13(15(17)20-21)6-14(16)5-11/h2-7,19,21H,8-9H2,1H3,(H2,17,20). The van der Waals surface area contributed by atoms with E-state index in [2.05, 4.69) is 15.5 Å². The number of pyridine rings is 1. The number of rotatable bonds is 5. The number of nitrogens with two attached hydrogens (primary N) is 1. The smallest absolute Gasteiger partial charge is 0.170 e. The van der Waals surface area contributed by atoms with E-state index in [0.29, 0.717) is 18.7 Å². The molecule has 0 aliphatic carbocycles. The van der Waals surface area contributed by atoms with Crippen LogP contribution in [0.4, 0.5) is 4.39 Å². The summed E-state index contributed by atoms with van der Waals surface area (Å²) in [5.41, 5.74) is 8.79. The number of amidine groups is 1. The van der Waals surface area contributed by atoms with Crippen LogP contribution in [0.15, 0.2) is 41.8 Å². The highest BCUT2D eigenvalue weighted by atomic mass is 19.1. The van der Waals surface area contributed by atoms with Crippen molar-refractivity contribution in [1.82, 2.24) is 10.3 Å². The van der Waals surface area contributed by atoms with Gasteiger partial charge in [0.05, 0.1) is 0 Å². The van der Waals surface area contributed by atoms with Gasteiger partial charge in [-0.1, -0.05) is 5.16 Å². The minimum atomic E-state index is -0.420. The number of aromatic nitrogens is 1. The van der Waals surface area contributed by atoms with Crippen molar-refractivity contribution in [2.75, 3.05) is 0 Å². The van der Waals surface area contributed by atoms with Crippen molar-refractivity contribution in [3.63, 3.8) is 0 Å². The molecule has 0 aliphatic heterocycles. The van der Waals surface area contributed by atoms with Crippen LogP contribution in [0.5, 0.6) is 0 Å². The molecule has 1 aromatic carbocycles. The van der Waals surface area contributed by atoms with E-state index in [-0.39, 0.29) is 5.84 Å². The first-order valence-corrected chi connectivity index (χ1v) is 6.47. The number of hydrogen-bond acceptors (Lipinski definition) is 4. The molecular weight excluding hydrogens is 271 g/mol. The van der Waals surface area contributed by atoms with E-state index in [4.69, 9.17) is 10.9 Å². The molecule has 2 aromatic rings. The predicted molar refractivity (Wildman–Crippen MR) is 78.4 cm³/mol. The molecule has 0 amide bonds. The van der Waals surface area contributed by atoms with Crippen molar-refractivity contribution >= 4 is 5.84 Å². The minimum absolute atomic E-state index is 0.110. The second-order valence-electron chi connectivity index (χ2n) is 4.74. The summed E-state index contributed by atoms with van der Waals surface area (Å²) < 4.78 is 13.5. The zero-order valence-corrected chi connectivity index (χ0v) is 11.7. The molecule has 0 saturated heterocycles. The van der Waals surface area contributed by atoms with Gasteiger partial charge < -0.3 is 16.3 Å². The fraction of sp³-hybridized carbons (Fsp3) is 0.200. The molecule has 5 nitrogen and oxygen atoms in total. The quantitative estimate of drug-likeness (QED) is 0.340. The number of nitrogens with one attached hydrogen (secondary N) is 1. The van der Waals surface area contributed by atoms with Crippen LogP contribution in [0, 0.1) is 12.7 Å². The molecule has 0 unspecified atom stereocenters. The Balaban J connectivity index is 2.04. The van der Waals surface area contributed by atoms with E-state index in [9.17, 15) is 4.39 Å². The monoisotopic (exact) mass is 288 g/mol. The summed E-state index contributed by atoms with van der Waals surface area (Å²) in [5.74, 6) is -0.531. The zero-order chi connectivity index (χ0) is 15.2. The van der Waals surface area contributed by atoms with Crippen LogP contribution in [-0.2, 0) is 13.1 Å². The van der Waals surface area contributed by atoms with E-state index >= 15 is 0 Å². The van der Waals surface area contributed by atoms with Gasteiger partial charge >= 0.3 is 0 Å². The molecule has 1 aromatic heterocycles. The average molecular weight is 288 g/mol. The fourth-order valence-corrected chi connectivity index (χ4v) is 2.00. The Bertz CT molecular complexity index is 658. The number of benzene rings is 1. The summed E-state index contributed by atoms with van der Waals surface area (Å²) in [7, 11) is 0. The van der Waals surface area contributed by atoms with Crippen molar-refractivity contribution in [3.05, 3.63) is 64.7 Å². The Labute approximate surface area is 122 Å². The summed E-state index contributed by atoms with van der Waals surface area (Å²) in [6, 6.07) is 6.27. The van der Waals surface area contributed by atoms with Crippen LogP contribution in [0.25, 0.3) is 0 Å². The Hall–Kier alpha value is -2.47. The number of aryl methyl sites for hydroxylation is 1. The SMILES string of the molecule is Cc1cnccc1CNCc1cc(F)cc(/C(N)=N/O)c1. The molecule has 1 heterocycles. The number of oxime groups is 1. The highest BCUT2D eigenvalue weighted by Gasteiger charge is 2.05. The number of halogens is 1. The summed E-state index contributed by atoms with van der Waals surface area (Å²) in [6.45, 7) is 3.12. The lowest BCUT2D eigenvalue weighted by Gasteiger charge is -2.09. The van der Waals surface area contributed by atoms with Gasteiger partial charge in [-0.3, -0.25) is 4.98 Å². The third kappa shape index (κ3) is 4.00. The zero-order valence-electron chi connectivity index (χ0n) is 11.7. The maximum Gasteiger partial charge on any atom is 0.170 e. The van der Waals surface area contributed by atoms with Crippen molar-refractivity contribution in [1.29, 1.82) is 0 Å². The molecule has 0 bridgehead atoms. The first kappa shape index (κ1) is 14.9. The topological polar surface area (TPSA) is 83.5 Å². The minimum Gasteiger partial charge on any atom is -0.409 e. The average Bonchev–Trinajstić information content (AvgIpc) is 2.48. The summed E-state index contributed by atoms with van der Waals surface area (Å²) in [4.78, 5) is 4.04. The van der Waals surface area contributed by atoms with Gasteiger partial charge in [-0.05, 0) is 47.9 Å². The van der Waals surface area contributed by atoms with Gasteiger partial charge in [-0.25, -0.2) is 4.39 Å². The Morgan fingerprint density at radius 3 is 2.90 bits per heavy atom. The van der Waals surface area contributed by atoms with E-state index in [0.717, 1.165) is 16.7 Å². The van der Waals surface area contributed by atoms with E-state index in [1.807, 2.05) is 13.0 Å². The molecule has 21 heavy (non-hydrogen) atoms. The highest BCUT2D eigenvalue weighted by Crippen LogP contribution is 2.10. The summed E-state index contributed by atoms with van der Waals surface area (Å²) in [5, 5.41) is 14.8. The van der Waals surface area contributed by atoms with Crippen molar-refractivity contribution < 1.29 is 9.60 Å². The van der Waals surface area contributed by atoms with Gasteiger partial charge in [-0.2, -0.15) is 0 Å². The molecule has 6 heteroatoms. The van der Waals surface area contributed by atoms with Gasteiger partial charge in [0.15, 0.2) is 5.84 Å². The fourth-order valence-electron chi connectivity index (χ4n) is 2.00. The molecule has 0 fully saturated rings. The molecule has 0 radical (unpaired) electrons. The van der Waals surface area contributed by atoms with Crippen LogP contribution in [0.1, 0.15) is 22.3 Å². The lowest BCUT2D eigenvalue weighted by molar-refractivity contribution is 0.318. The van der Waals surface area contributed by atoms with Gasteiger partial charge in [0.1, 0.15) is 5.82 Å². The van der Waals surface area contributed by atoms with Gasteiger partial charge in [0.2, 0.25) is 0 Å². The normalized spacial score (nSPS) is 11.6. The third-order valence-corrected chi connectivity index (χ3v) is 3.14. The van der Waals surface area contributed by atoms with E-state index in [1.165, 1.54) is 12.1 Å². The van der Waals surface area contributed by atoms with Gasteiger partial charge in [0.25, 0.3) is 0 Å². The molecule has 0 saturated carbocycles. The summed E-state index contributed by atoms with van der Waals surface area (Å²) >= 11 is 0. The maximum absolute atomic E-state index is 13.5. The predicted octanol–water partition coefficient (Wildman–Crippen LogP) is 1.91. The Morgan fingerprint density at radius 2 is 2.19 bits per heavy atom. The van der Waals surface area contributed by atoms with Crippen molar-refractivity contribution in [2.45, 2.75) is 20.0 Å². The highest BCUT2D eigenvalue weighted by molar-refractivity contribution is 5.97. The third-order valence-electron chi connectivity index (χ3n) is 3.14. The Morgan fingerprint density at radius 1 is 1.38 bits per heavy atom. The molecule has 4 N–H and O–H groups in total. The number of hydrogen-bond donors (Lipinski definition) is 3. The van der Waals surface area contributed by atoms with Crippen molar-refractivity contribution in [3.8, 4) is 0 Å². The first-order valence-electron chi connectivity index (χ1n) is 6.47. The van der Waals surface area contributed by atoms with Crippen LogP contribution in [0.3, 0.4) is 0 Å². The molecular formula is C15H17FN4O. The largest absolute Gasteiger partial charge is 0.409 e. The maximum atomic E-state index is 13.5. The van der Waals surface area contributed by atoms with E-state index in [1.54, 1.807) is 18.5 Å². The molecule has 0 aliphatic rings. The lowest BCUT2D eigenvalue weighted by atomic mass is 10.1. The summed E-state index contributed by atoms with van der Waals surface area (Å²) in [6.07, 6.45) is 3.54. The second kappa shape index (κ2) is 6.81. The molecule has 0 atom stereocenters. The molecule has 2 rings (SSSR count). The second-order valence-corrected chi connectivity index (χ2v) is 4.74. The van der Waals surface area contributed by atoms with Crippen LogP contribution in [-0.4, -0.2) is 16.0 Å².